The Labute approximate surface area is 118 Å². The van der Waals surface area contributed by atoms with E-state index in [2.05, 4.69) is 61.9 Å². The first-order valence-electron chi connectivity index (χ1n) is 6.43. The van der Waals surface area contributed by atoms with Crippen LogP contribution in [0.2, 0.25) is 0 Å². The van der Waals surface area contributed by atoms with Crippen LogP contribution >= 0.6 is 22.7 Å². The summed E-state index contributed by atoms with van der Waals surface area (Å²) in [7, 11) is 0. The third-order valence-electron chi connectivity index (χ3n) is 3.00. The van der Waals surface area contributed by atoms with E-state index in [0.717, 1.165) is 0 Å². The number of thiophene rings is 2. The summed E-state index contributed by atoms with van der Waals surface area (Å²) in [6.07, 6.45) is 4.91. The predicted octanol–water partition coefficient (Wildman–Crippen LogP) is 6.07. The van der Waals surface area contributed by atoms with Crippen LogP contribution < -0.4 is 0 Å². The van der Waals surface area contributed by atoms with Crippen molar-refractivity contribution in [3.05, 3.63) is 50.9 Å². The van der Waals surface area contributed by atoms with E-state index in [0.29, 0.717) is 0 Å². The molecule has 0 saturated heterocycles. The van der Waals surface area contributed by atoms with Crippen LogP contribution in [-0.4, -0.2) is 0 Å². The fourth-order valence-corrected chi connectivity index (χ4v) is 3.81. The molecule has 0 atom stereocenters. The molecule has 0 unspecified atom stereocenters. The van der Waals surface area contributed by atoms with E-state index in [1.165, 1.54) is 28.2 Å². The first kappa shape index (κ1) is 13.6. The number of hydrogen-bond acceptors (Lipinski definition) is 2. The minimum absolute atomic E-state index is 0.262. The van der Waals surface area contributed by atoms with Crippen LogP contribution in [0.15, 0.2) is 41.1 Å². The van der Waals surface area contributed by atoms with Crippen molar-refractivity contribution in [2.75, 3.05) is 0 Å². The van der Waals surface area contributed by atoms with Crippen LogP contribution in [0.1, 0.15) is 43.4 Å². The highest BCUT2D eigenvalue weighted by Crippen LogP contribution is 2.36. The average Bonchev–Trinajstić information content (AvgIpc) is 2.99. The molecule has 0 amide bonds. The third-order valence-corrected chi connectivity index (χ3v) is 4.81. The van der Waals surface area contributed by atoms with Crippen molar-refractivity contribution in [3.8, 4) is 0 Å². The summed E-state index contributed by atoms with van der Waals surface area (Å²) in [4.78, 5) is 2.75. The van der Waals surface area contributed by atoms with Crippen molar-refractivity contribution >= 4 is 28.2 Å². The highest BCUT2D eigenvalue weighted by Gasteiger charge is 2.17. The maximum absolute atomic E-state index is 2.45. The molecule has 0 radical (unpaired) electrons. The number of rotatable bonds is 5. The zero-order chi connectivity index (χ0) is 13.0. The normalized spacial score (nSPS) is 11.5. The van der Waals surface area contributed by atoms with Crippen molar-refractivity contribution < 1.29 is 0 Å². The summed E-state index contributed by atoms with van der Waals surface area (Å²) in [6, 6.07) is 8.71. The van der Waals surface area contributed by atoms with Crippen molar-refractivity contribution in [1.29, 1.82) is 0 Å². The van der Waals surface area contributed by atoms with Crippen molar-refractivity contribution in [1.82, 2.24) is 0 Å². The minimum atomic E-state index is 0.262. The lowest BCUT2D eigenvalue weighted by Crippen LogP contribution is -2.07. The summed E-state index contributed by atoms with van der Waals surface area (Å²) in [5.41, 5.74) is 1.66. The van der Waals surface area contributed by atoms with E-state index in [1.54, 1.807) is 0 Å². The Morgan fingerprint density at radius 3 is 2.06 bits per heavy atom. The van der Waals surface area contributed by atoms with Gasteiger partial charge in [-0.25, -0.2) is 0 Å². The van der Waals surface area contributed by atoms with Gasteiger partial charge in [-0.1, -0.05) is 45.4 Å². The van der Waals surface area contributed by atoms with Crippen LogP contribution in [0.4, 0.5) is 0 Å². The molecule has 0 aromatic carbocycles. The number of hydrogen-bond donors (Lipinski definition) is 0. The zero-order valence-electron chi connectivity index (χ0n) is 11.3. The minimum Gasteiger partial charge on any atom is -0.144 e. The largest absolute Gasteiger partial charge is 0.144 e. The molecular formula is C16H20S2. The van der Waals surface area contributed by atoms with Gasteiger partial charge < -0.3 is 0 Å². The van der Waals surface area contributed by atoms with E-state index in [4.69, 9.17) is 0 Å². The van der Waals surface area contributed by atoms with Crippen molar-refractivity contribution in [2.24, 2.45) is 5.41 Å². The van der Waals surface area contributed by atoms with E-state index in [-0.39, 0.29) is 5.41 Å². The summed E-state index contributed by atoms with van der Waals surface area (Å²) < 4.78 is 0. The van der Waals surface area contributed by atoms with E-state index < -0.39 is 0 Å². The molecule has 96 valence electrons. The van der Waals surface area contributed by atoms with Crippen molar-refractivity contribution in [3.63, 3.8) is 0 Å². The van der Waals surface area contributed by atoms with E-state index in [1.807, 2.05) is 22.7 Å². The first-order valence-corrected chi connectivity index (χ1v) is 8.19. The molecule has 0 fully saturated rings. The molecule has 0 aliphatic heterocycles. The first-order chi connectivity index (χ1) is 8.62. The highest BCUT2D eigenvalue weighted by molar-refractivity contribution is 7.13. The van der Waals surface area contributed by atoms with Gasteiger partial charge in [-0.3, -0.25) is 0 Å². The predicted molar refractivity (Wildman–Crippen MR) is 84.4 cm³/mol. The topological polar surface area (TPSA) is 0 Å². The summed E-state index contributed by atoms with van der Waals surface area (Å²) in [5, 5.41) is 4.31. The zero-order valence-corrected chi connectivity index (χ0v) is 12.9. The fraction of sp³-hybridized carbons (Fsp3) is 0.375. The van der Waals surface area contributed by atoms with Gasteiger partial charge in [0.25, 0.3) is 0 Å². The molecule has 2 rings (SSSR count). The van der Waals surface area contributed by atoms with Gasteiger partial charge in [0.1, 0.15) is 0 Å². The van der Waals surface area contributed by atoms with Crippen LogP contribution in [0.5, 0.6) is 0 Å². The molecule has 2 aromatic heterocycles. The van der Waals surface area contributed by atoms with Gasteiger partial charge in [0.15, 0.2) is 0 Å². The maximum atomic E-state index is 2.45. The lowest BCUT2D eigenvalue weighted by Gasteiger charge is -2.21. The van der Waals surface area contributed by atoms with Gasteiger partial charge >= 0.3 is 0 Å². The molecule has 0 bridgehead atoms. The molecule has 0 N–H and O–H groups in total. The molecule has 2 heterocycles. The Morgan fingerprint density at radius 2 is 1.67 bits per heavy atom. The second-order valence-corrected chi connectivity index (χ2v) is 7.15. The third kappa shape index (κ3) is 3.33. The van der Waals surface area contributed by atoms with E-state index in [9.17, 15) is 0 Å². The second-order valence-electron chi connectivity index (χ2n) is 5.25. The molecule has 0 nitrogen and oxygen atoms in total. The molecular weight excluding hydrogens is 256 g/mol. The smallest absolute Gasteiger partial charge is 0.0353 e. The van der Waals surface area contributed by atoms with Crippen molar-refractivity contribution in [2.45, 2.75) is 33.6 Å². The monoisotopic (exact) mass is 276 g/mol. The molecule has 0 saturated carbocycles. The molecule has 0 spiro atoms. The Morgan fingerprint density at radius 1 is 1.11 bits per heavy atom. The fourth-order valence-electron chi connectivity index (χ4n) is 2.23. The quantitative estimate of drug-likeness (QED) is 0.622. The molecule has 0 aliphatic carbocycles. The Kier molecular flexibility index (Phi) is 4.41. The SMILES string of the molecule is CCCC(C)(C)C=C(c1cccs1)c1cccs1. The molecule has 2 heteroatoms. The van der Waals surface area contributed by atoms with Crippen LogP contribution in [0.3, 0.4) is 0 Å². The second kappa shape index (κ2) is 5.85. The molecule has 0 aliphatic rings. The van der Waals surface area contributed by atoms with Crippen LogP contribution in [0.25, 0.3) is 5.57 Å². The van der Waals surface area contributed by atoms with Gasteiger partial charge in [-0.05, 0) is 34.7 Å². The number of allylic oxidation sites excluding steroid dienone is 1. The Hall–Kier alpha value is -0.860. The lowest BCUT2D eigenvalue weighted by molar-refractivity contribution is 0.433. The van der Waals surface area contributed by atoms with Gasteiger partial charge in [-0.15, -0.1) is 22.7 Å². The summed E-state index contributed by atoms with van der Waals surface area (Å²) in [6.45, 7) is 6.92. The lowest BCUT2D eigenvalue weighted by atomic mass is 9.85. The Bertz CT molecular complexity index is 451. The average molecular weight is 276 g/mol. The Balaban J connectivity index is 2.40. The van der Waals surface area contributed by atoms with Gasteiger partial charge in [0, 0.05) is 15.3 Å². The van der Waals surface area contributed by atoms with Crippen LogP contribution in [0, 0.1) is 5.41 Å². The summed E-state index contributed by atoms with van der Waals surface area (Å²) in [5.74, 6) is 0. The van der Waals surface area contributed by atoms with Gasteiger partial charge in [-0.2, -0.15) is 0 Å². The standard InChI is InChI=1S/C16H20S2/c1-4-9-16(2,3)12-13(14-7-5-10-17-14)15-8-6-11-18-15/h5-8,10-12H,4,9H2,1-3H3. The van der Waals surface area contributed by atoms with Crippen LogP contribution in [-0.2, 0) is 0 Å². The molecule has 18 heavy (non-hydrogen) atoms. The van der Waals surface area contributed by atoms with Gasteiger partial charge in [0.05, 0.1) is 0 Å². The highest BCUT2D eigenvalue weighted by atomic mass is 32.1. The summed E-state index contributed by atoms with van der Waals surface area (Å²) >= 11 is 3.65. The van der Waals surface area contributed by atoms with Gasteiger partial charge in [0.2, 0.25) is 0 Å². The maximum Gasteiger partial charge on any atom is 0.0353 e. The molecule has 2 aromatic rings. The van der Waals surface area contributed by atoms with E-state index >= 15 is 0 Å².